The second kappa shape index (κ2) is 11.1. The average molecular weight is 609 g/mol. The fourth-order valence-corrected chi connectivity index (χ4v) is 6.67. The van der Waals surface area contributed by atoms with Crippen molar-refractivity contribution in [2.75, 3.05) is 33.3 Å². The third-order valence-corrected chi connectivity index (χ3v) is 8.88. The van der Waals surface area contributed by atoms with E-state index in [1.165, 1.54) is 25.3 Å². The van der Waals surface area contributed by atoms with Gasteiger partial charge in [0, 0.05) is 42.4 Å². The van der Waals surface area contributed by atoms with Crippen LogP contribution in [0.15, 0.2) is 40.9 Å². The van der Waals surface area contributed by atoms with Gasteiger partial charge in [0.05, 0.1) is 47.5 Å². The first kappa shape index (κ1) is 28.0. The van der Waals surface area contributed by atoms with Crippen LogP contribution >= 0.6 is 15.9 Å². The van der Waals surface area contributed by atoms with Gasteiger partial charge in [-0.05, 0) is 53.4 Å². The zero-order valence-electron chi connectivity index (χ0n) is 21.7. The van der Waals surface area contributed by atoms with E-state index in [2.05, 4.69) is 26.2 Å². The van der Waals surface area contributed by atoms with Crippen LogP contribution in [0.1, 0.15) is 53.6 Å². The number of esters is 1. The third kappa shape index (κ3) is 5.43. The van der Waals surface area contributed by atoms with Crippen molar-refractivity contribution in [2.24, 2.45) is 0 Å². The van der Waals surface area contributed by atoms with Gasteiger partial charge in [-0.1, -0.05) is 18.2 Å². The Hall–Kier alpha value is -2.56. The van der Waals surface area contributed by atoms with E-state index < -0.39 is 23.5 Å². The molecule has 10 heteroatoms. The fraction of sp³-hybridized carbons (Fsp3) is 0.448. The largest absolute Gasteiger partial charge is 0.465 e. The topological polar surface area (TPSA) is 51.2 Å². The number of carbonyl (C=O) groups is 1. The van der Waals surface area contributed by atoms with Crippen molar-refractivity contribution in [3.05, 3.63) is 63.4 Å². The summed E-state index contributed by atoms with van der Waals surface area (Å²) in [7, 11) is 1.26. The second-order valence-electron chi connectivity index (χ2n) is 10.5. The lowest BCUT2D eigenvalue weighted by Gasteiger charge is -2.49. The van der Waals surface area contributed by atoms with Crippen molar-refractivity contribution in [1.29, 1.82) is 0 Å². The Morgan fingerprint density at radius 2 is 1.85 bits per heavy atom. The summed E-state index contributed by atoms with van der Waals surface area (Å²) >= 11 is 3.18. The first-order chi connectivity index (χ1) is 18.6. The summed E-state index contributed by atoms with van der Waals surface area (Å²) in [5.41, 5.74) is 0.124. The maximum absolute atomic E-state index is 15.4. The number of quaternary nitrogens is 1. The monoisotopic (exact) mass is 608 g/mol. The Morgan fingerprint density at radius 3 is 2.51 bits per heavy atom. The number of fused-ring (bicyclic) bond motifs is 1. The number of aromatic nitrogens is 1. The standard InChI is InChI=1S/C29H31BrF4N3O2/c1-39-28(38)24-21-8-9-23(30)25(31)27(21)36-26(18-6-5-7-19(16-18)29(32,33)34)22(24)17-37(14-3-2-4-15-37)20-10-12-35-13-11-20/h5-9,16,20,35H,2-4,10-15,17H2,1H3/q+1. The molecule has 0 radical (unpaired) electrons. The Bertz CT molecular complexity index is 1380. The van der Waals surface area contributed by atoms with Crippen LogP contribution in [0.25, 0.3) is 22.2 Å². The lowest BCUT2D eigenvalue weighted by atomic mass is 9.90. The zero-order valence-corrected chi connectivity index (χ0v) is 23.3. The molecule has 39 heavy (non-hydrogen) atoms. The molecule has 0 saturated carbocycles. The number of likely N-dealkylation sites (tertiary alicyclic amines) is 1. The molecule has 0 atom stereocenters. The molecule has 2 aliphatic rings. The van der Waals surface area contributed by atoms with Gasteiger partial charge < -0.3 is 14.5 Å². The van der Waals surface area contributed by atoms with Gasteiger partial charge in [0.2, 0.25) is 0 Å². The van der Waals surface area contributed by atoms with Gasteiger partial charge in [0.15, 0.2) is 5.82 Å². The van der Waals surface area contributed by atoms with Crippen molar-refractivity contribution in [3.63, 3.8) is 0 Å². The molecule has 0 bridgehead atoms. The van der Waals surface area contributed by atoms with Crippen molar-refractivity contribution < 1.29 is 31.6 Å². The predicted molar refractivity (Wildman–Crippen MR) is 145 cm³/mol. The molecule has 5 nitrogen and oxygen atoms in total. The maximum Gasteiger partial charge on any atom is 0.416 e. The average Bonchev–Trinajstić information content (AvgIpc) is 2.95. The Labute approximate surface area is 233 Å². The molecule has 3 heterocycles. The van der Waals surface area contributed by atoms with E-state index in [0.717, 1.165) is 74.9 Å². The number of hydrogen-bond acceptors (Lipinski definition) is 4. The highest BCUT2D eigenvalue weighted by Crippen LogP contribution is 2.40. The molecule has 2 saturated heterocycles. The number of halogens is 5. The minimum atomic E-state index is -4.57. The van der Waals surface area contributed by atoms with Gasteiger partial charge in [0.1, 0.15) is 12.1 Å². The van der Waals surface area contributed by atoms with Crippen LogP contribution in [-0.4, -0.2) is 54.8 Å². The van der Waals surface area contributed by atoms with Gasteiger partial charge in [-0.15, -0.1) is 0 Å². The van der Waals surface area contributed by atoms with E-state index in [9.17, 15) is 18.0 Å². The van der Waals surface area contributed by atoms with Gasteiger partial charge in [-0.3, -0.25) is 0 Å². The maximum atomic E-state index is 15.4. The quantitative estimate of drug-likeness (QED) is 0.195. The number of ether oxygens (including phenoxy) is 1. The molecular formula is C29H31BrF4N3O2+. The Balaban J connectivity index is 1.81. The number of benzene rings is 2. The van der Waals surface area contributed by atoms with E-state index in [-0.39, 0.29) is 32.2 Å². The lowest BCUT2D eigenvalue weighted by molar-refractivity contribution is -0.968. The number of methoxy groups -OCH3 is 1. The van der Waals surface area contributed by atoms with E-state index >= 15 is 4.39 Å². The number of nitrogens with one attached hydrogen (secondary N) is 1. The molecule has 0 aliphatic carbocycles. The number of rotatable bonds is 5. The van der Waals surface area contributed by atoms with Gasteiger partial charge in [-0.2, -0.15) is 13.2 Å². The first-order valence-corrected chi connectivity index (χ1v) is 14.1. The Morgan fingerprint density at radius 1 is 1.13 bits per heavy atom. The van der Waals surface area contributed by atoms with Gasteiger partial charge >= 0.3 is 12.1 Å². The highest BCUT2D eigenvalue weighted by atomic mass is 79.9. The molecule has 3 aromatic rings. The van der Waals surface area contributed by atoms with Gasteiger partial charge in [0.25, 0.3) is 0 Å². The van der Waals surface area contributed by atoms with E-state index in [4.69, 9.17) is 4.74 Å². The highest BCUT2D eigenvalue weighted by Gasteiger charge is 2.41. The number of pyridine rings is 1. The van der Waals surface area contributed by atoms with Crippen LogP contribution in [0.3, 0.4) is 0 Å². The van der Waals surface area contributed by atoms with Crippen LogP contribution in [0, 0.1) is 5.82 Å². The summed E-state index contributed by atoms with van der Waals surface area (Å²) in [4.78, 5) is 18.0. The van der Waals surface area contributed by atoms with Crippen LogP contribution in [0.4, 0.5) is 17.6 Å². The molecule has 2 aromatic carbocycles. The van der Waals surface area contributed by atoms with Crippen molar-refractivity contribution in [2.45, 2.75) is 50.9 Å². The third-order valence-electron chi connectivity index (χ3n) is 8.27. The van der Waals surface area contributed by atoms with Crippen LogP contribution in [0.2, 0.25) is 0 Å². The molecular weight excluding hydrogens is 578 g/mol. The summed E-state index contributed by atoms with van der Waals surface area (Å²) in [6.07, 6.45) is 0.536. The van der Waals surface area contributed by atoms with E-state index in [1.807, 2.05) is 0 Å². The summed E-state index contributed by atoms with van der Waals surface area (Å²) in [6.45, 7) is 4.00. The number of nitrogens with zero attached hydrogens (tertiary/aromatic N) is 2. The molecule has 5 rings (SSSR count). The summed E-state index contributed by atoms with van der Waals surface area (Å²) in [6, 6.07) is 8.35. The van der Waals surface area contributed by atoms with Gasteiger partial charge in [-0.25, -0.2) is 14.2 Å². The van der Waals surface area contributed by atoms with Crippen LogP contribution in [-0.2, 0) is 17.5 Å². The number of alkyl halides is 3. The summed E-state index contributed by atoms with van der Waals surface area (Å²) in [5.74, 6) is -1.34. The molecule has 2 aliphatic heterocycles. The smallest absolute Gasteiger partial charge is 0.416 e. The molecule has 2 fully saturated rings. The molecule has 1 aromatic heterocycles. The second-order valence-corrected chi connectivity index (χ2v) is 11.4. The lowest BCUT2D eigenvalue weighted by Crippen LogP contribution is -2.60. The molecule has 0 amide bonds. The zero-order chi connectivity index (χ0) is 27.8. The SMILES string of the molecule is COC(=O)c1c(C[N+]2(C3CCNCC3)CCCCC2)c(-c2cccc(C(F)(F)F)c2)nc2c(F)c(Br)ccc12. The number of piperidine rings is 2. The van der Waals surface area contributed by atoms with E-state index in [0.29, 0.717) is 18.2 Å². The molecule has 1 N–H and O–H groups in total. The van der Waals surface area contributed by atoms with Crippen LogP contribution < -0.4 is 5.32 Å². The van der Waals surface area contributed by atoms with Crippen LogP contribution in [0.5, 0.6) is 0 Å². The Kier molecular flexibility index (Phi) is 7.99. The molecule has 0 spiro atoms. The van der Waals surface area contributed by atoms with Crippen molar-refractivity contribution in [1.82, 2.24) is 10.3 Å². The molecule has 208 valence electrons. The van der Waals surface area contributed by atoms with Crippen molar-refractivity contribution in [3.8, 4) is 11.3 Å². The highest BCUT2D eigenvalue weighted by molar-refractivity contribution is 9.10. The summed E-state index contributed by atoms with van der Waals surface area (Å²) < 4.78 is 62.7. The normalized spacial score (nSPS) is 18.3. The van der Waals surface area contributed by atoms with Crippen molar-refractivity contribution >= 4 is 32.8 Å². The number of hydrogen-bond donors (Lipinski definition) is 1. The fourth-order valence-electron chi connectivity index (χ4n) is 6.35. The number of carbonyl (C=O) groups excluding carboxylic acids is 1. The molecule has 0 unspecified atom stereocenters. The minimum absolute atomic E-state index is 0.0898. The minimum Gasteiger partial charge on any atom is -0.465 e. The van der Waals surface area contributed by atoms with E-state index in [1.54, 1.807) is 6.07 Å². The summed E-state index contributed by atoms with van der Waals surface area (Å²) in [5, 5.41) is 3.70. The first-order valence-electron chi connectivity index (χ1n) is 13.3. The predicted octanol–water partition coefficient (Wildman–Crippen LogP) is 6.86.